The molecule has 4 rings (SSSR count). The van der Waals surface area contributed by atoms with E-state index in [0.717, 1.165) is 36.1 Å². The minimum atomic E-state index is -3.59. The Morgan fingerprint density at radius 3 is 2.58 bits per heavy atom. The van der Waals surface area contributed by atoms with Crippen LogP contribution in [0.1, 0.15) is 67.1 Å². The minimum Gasteiger partial charge on any atom is -0.487 e. The van der Waals surface area contributed by atoms with Gasteiger partial charge in [-0.1, -0.05) is 30.2 Å². The van der Waals surface area contributed by atoms with E-state index in [1.165, 1.54) is 10.4 Å². The van der Waals surface area contributed by atoms with Gasteiger partial charge in [-0.25, -0.2) is 8.42 Å². The van der Waals surface area contributed by atoms with Crippen LogP contribution < -0.4 is 10.1 Å². The topological polar surface area (TPSA) is 75.7 Å². The Hall–Kier alpha value is -2.38. The highest BCUT2D eigenvalue weighted by atomic mass is 32.2. The molecule has 0 spiro atoms. The maximum Gasteiger partial charge on any atom is 0.251 e. The molecule has 2 aromatic rings. The van der Waals surface area contributed by atoms with Crippen molar-refractivity contribution in [2.75, 3.05) is 13.1 Å². The SMILES string of the molecule is Cc1ccc2c(c1)C(NC(=O)c1cccc(S(=O)(=O)N3CCCCC3)c1)CC(C)(C)O2. The van der Waals surface area contributed by atoms with Gasteiger partial charge in [0.2, 0.25) is 10.0 Å². The van der Waals surface area contributed by atoms with Gasteiger partial charge in [-0.15, -0.1) is 0 Å². The van der Waals surface area contributed by atoms with Crippen LogP contribution in [-0.4, -0.2) is 37.3 Å². The molecule has 1 amide bonds. The molecule has 7 heteroatoms. The molecule has 2 aliphatic rings. The van der Waals surface area contributed by atoms with E-state index >= 15 is 0 Å². The molecule has 0 radical (unpaired) electrons. The van der Waals surface area contributed by atoms with Crippen molar-refractivity contribution in [2.24, 2.45) is 0 Å². The van der Waals surface area contributed by atoms with Gasteiger partial charge in [0.15, 0.2) is 0 Å². The second-order valence-electron chi connectivity index (χ2n) is 9.13. The Morgan fingerprint density at radius 1 is 1.10 bits per heavy atom. The molecule has 166 valence electrons. The van der Waals surface area contributed by atoms with Crippen molar-refractivity contribution < 1.29 is 17.9 Å². The molecule has 0 bridgehead atoms. The van der Waals surface area contributed by atoms with Gasteiger partial charge in [0.05, 0.1) is 10.9 Å². The van der Waals surface area contributed by atoms with Gasteiger partial charge in [0.1, 0.15) is 11.4 Å². The van der Waals surface area contributed by atoms with Gasteiger partial charge in [0.25, 0.3) is 5.91 Å². The number of carbonyl (C=O) groups excluding carboxylic acids is 1. The lowest BCUT2D eigenvalue weighted by Crippen LogP contribution is -2.41. The van der Waals surface area contributed by atoms with E-state index in [0.29, 0.717) is 25.1 Å². The lowest BCUT2D eigenvalue weighted by Gasteiger charge is -2.38. The van der Waals surface area contributed by atoms with Gasteiger partial charge in [0, 0.05) is 30.6 Å². The molecule has 1 fully saturated rings. The maximum atomic E-state index is 13.1. The number of sulfonamides is 1. The van der Waals surface area contributed by atoms with Crippen LogP contribution >= 0.6 is 0 Å². The first kappa shape index (κ1) is 21.8. The highest BCUT2D eigenvalue weighted by Gasteiger charge is 2.35. The van der Waals surface area contributed by atoms with Crippen molar-refractivity contribution in [1.29, 1.82) is 0 Å². The number of amides is 1. The first-order valence-electron chi connectivity index (χ1n) is 10.9. The summed E-state index contributed by atoms with van der Waals surface area (Å²) < 4.78 is 33.6. The minimum absolute atomic E-state index is 0.172. The van der Waals surface area contributed by atoms with E-state index in [4.69, 9.17) is 4.74 Å². The summed E-state index contributed by atoms with van der Waals surface area (Å²) in [5, 5.41) is 3.11. The van der Waals surface area contributed by atoms with Crippen molar-refractivity contribution >= 4 is 15.9 Å². The van der Waals surface area contributed by atoms with Crippen LogP contribution in [0.2, 0.25) is 0 Å². The monoisotopic (exact) mass is 442 g/mol. The Kier molecular flexibility index (Phi) is 5.83. The fraction of sp³-hybridized carbons (Fsp3) is 0.458. The van der Waals surface area contributed by atoms with Crippen molar-refractivity contribution in [3.05, 3.63) is 59.2 Å². The van der Waals surface area contributed by atoms with Gasteiger partial charge in [-0.05, 0) is 57.9 Å². The third-order valence-electron chi connectivity index (χ3n) is 5.98. The molecular weight excluding hydrogens is 412 g/mol. The van der Waals surface area contributed by atoms with Gasteiger partial charge >= 0.3 is 0 Å². The largest absolute Gasteiger partial charge is 0.487 e. The molecule has 1 atom stereocenters. The molecule has 1 saturated heterocycles. The van der Waals surface area contributed by atoms with E-state index < -0.39 is 15.6 Å². The van der Waals surface area contributed by atoms with E-state index in [-0.39, 0.29) is 16.8 Å². The van der Waals surface area contributed by atoms with Crippen LogP contribution in [0.15, 0.2) is 47.4 Å². The smallest absolute Gasteiger partial charge is 0.251 e. The second kappa shape index (κ2) is 8.28. The number of rotatable bonds is 4. The van der Waals surface area contributed by atoms with E-state index in [1.807, 2.05) is 39.0 Å². The summed E-state index contributed by atoms with van der Waals surface area (Å²) in [5.41, 5.74) is 1.97. The predicted molar refractivity (Wildman–Crippen MR) is 120 cm³/mol. The molecular formula is C24H30N2O4S. The molecule has 1 N–H and O–H groups in total. The van der Waals surface area contributed by atoms with Gasteiger partial charge < -0.3 is 10.1 Å². The van der Waals surface area contributed by atoms with Crippen molar-refractivity contribution in [2.45, 2.75) is 63.0 Å². The van der Waals surface area contributed by atoms with Crippen molar-refractivity contribution in [3.63, 3.8) is 0 Å². The maximum absolute atomic E-state index is 13.1. The number of aryl methyl sites for hydroxylation is 1. The lowest BCUT2D eigenvalue weighted by atomic mass is 9.88. The number of carbonyl (C=O) groups is 1. The Morgan fingerprint density at radius 2 is 1.84 bits per heavy atom. The van der Waals surface area contributed by atoms with Crippen LogP contribution in [-0.2, 0) is 10.0 Å². The standard InChI is InChI=1S/C24H30N2O4S/c1-17-10-11-22-20(14-17)21(16-24(2,3)30-22)25-23(27)18-8-7-9-19(15-18)31(28,29)26-12-5-4-6-13-26/h7-11,14-15,21H,4-6,12-13,16H2,1-3H3,(H,25,27). The summed E-state index contributed by atoms with van der Waals surface area (Å²) in [4.78, 5) is 13.3. The van der Waals surface area contributed by atoms with E-state index in [2.05, 4.69) is 5.32 Å². The Balaban J connectivity index is 1.59. The van der Waals surface area contributed by atoms with Crippen LogP contribution in [0.25, 0.3) is 0 Å². The van der Waals surface area contributed by atoms with E-state index in [1.54, 1.807) is 18.2 Å². The third-order valence-corrected chi connectivity index (χ3v) is 7.87. The molecule has 0 aromatic heterocycles. The lowest BCUT2D eigenvalue weighted by molar-refractivity contribution is 0.0619. The zero-order valence-electron chi connectivity index (χ0n) is 18.3. The summed E-state index contributed by atoms with van der Waals surface area (Å²) in [6, 6.07) is 12.1. The average Bonchev–Trinajstić information content (AvgIpc) is 2.74. The normalized spacial score (nSPS) is 21.1. The average molecular weight is 443 g/mol. The number of nitrogens with one attached hydrogen (secondary N) is 1. The van der Waals surface area contributed by atoms with Crippen LogP contribution in [0.4, 0.5) is 0 Å². The second-order valence-corrected chi connectivity index (χ2v) is 11.1. The number of hydrogen-bond acceptors (Lipinski definition) is 4. The third kappa shape index (κ3) is 4.62. The molecule has 0 saturated carbocycles. The molecule has 2 heterocycles. The Labute approximate surface area is 184 Å². The molecule has 2 aliphatic heterocycles. The molecule has 31 heavy (non-hydrogen) atoms. The summed E-state index contributed by atoms with van der Waals surface area (Å²) in [5.74, 6) is 0.486. The number of nitrogens with zero attached hydrogens (tertiary/aromatic N) is 1. The van der Waals surface area contributed by atoms with Crippen molar-refractivity contribution in [3.8, 4) is 5.75 Å². The fourth-order valence-corrected chi connectivity index (χ4v) is 5.96. The number of hydrogen-bond donors (Lipinski definition) is 1. The molecule has 6 nitrogen and oxygen atoms in total. The van der Waals surface area contributed by atoms with Crippen molar-refractivity contribution in [1.82, 2.24) is 9.62 Å². The molecule has 2 aromatic carbocycles. The highest BCUT2D eigenvalue weighted by molar-refractivity contribution is 7.89. The van der Waals surface area contributed by atoms with Gasteiger partial charge in [-0.3, -0.25) is 4.79 Å². The first-order valence-corrected chi connectivity index (χ1v) is 12.3. The zero-order valence-corrected chi connectivity index (χ0v) is 19.2. The number of ether oxygens (including phenoxy) is 1. The van der Waals surface area contributed by atoms with Gasteiger partial charge in [-0.2, -0.15) is 4.31 Å². The fourth-order valence-electron chi connectivity index (χ4n) is 4.40. The van der Waals surface area contributed by atoms with Crippen LogP contribution in [0.5, 0.6) is 5.75 Å². The van der Waals surface area contributed by atoms with Crippen LogP contribution in [0.3, 0.4) is 0 Å². The zero-order chi connectivity index (χ0) is 22.2. The molecule has 1 unspecified atom stereocenters. The predicted octanol–water partition coefficient (Wildman–Crippen LogP) is 4.20. The Bertz CT molecular complexity index is 1090. The summed E-state index contributed by atoms with van der Waals surface area (Å²) >= 11 is 0. The number of piperidine rings is 1. The molecule has 0 aliphatic carbocycles. The summed E-state index contributed by atoms with van der Waals surface area (Å²) in [7, 11) is -3.59. The highest BCUT2D eigenvalue weighted by Crippen LogP contribution is 2.40. The quantitative estimate of drug-likeness (QED) is 0.770. The number of benzene rings is 2. The summed E-state index contributed by atoms with van der Waals surface area (Å²) in [6.45, 7) is 7.08. The van der Waals surface area contributed by atoms with E-state index in [9.17, 15) is 13.2 Å². The number of fused-ring (bicyclic) bond motifs is 1. The first-order chi connectivity index (χ1) is 14.7. The summed E-state index contributed by atoms with van der Waals surface area (Å²) in [6.07, 6.45) is 3.42. The van der Waals surface area contributed by atoms with Crippen LogP contribution in [0, 0.1) is 6.92 Å².